The Kier molecular flexibility index (Phi) is 3.70. The van der Waals surface area contributed by atoms with E-state index < -0.39 is 0 Å². The summed E-state index contributed by atoms with van der Waals surface area (Å²) in [6, 6.07) is 6.15. The zero-order chi connectivity index (χ0) is 5.98. The van der Waals surface area contributed by atoms with E-state index in [0.29, 0.717) is 0 Å². The molecule has 9 heavy (non-hydrogen) atoms. The first-order chi connectivity index (χ1) is 3.80. The van der Waals surface area contributed by atoms with Gasteiger partial charge in [0.25, 0.3) is 0 Å². The number of para-hydroxylation sites is 2. The summed E-state index contributed by atoms with van der Waals surface area (Å²) in [5.74, 6) is -0.153. The summed E-state index contributed by atoms with van der Waals surface area (Å²) in [7, 11) is 0. The maximum absolute atomic E-state index is 8.67. The van der Waals surface area contributed by atoms with Gasteiger partial charge in [0.15, 0.2) is 11.5 Å². The third-order valence-corrected chi connectivity index (χ3v) is 0.882. The van der Waals surface area contributed by atoms with Crippen LogP contribution < -0.4 is 29.6 Å². The van der Waals surface area contributed by atoms with E-state index in [-0.39, 0.29) is 41.1 Å². The average Bonchev–Trinajstić information content (AvgIpc) is 1.77. The van der Waals surface area contributed by atoms with Crippen LogP contribution in [0.3, 0.4) is 0 Å². The van der Waals surface area contributed by atoms with Crippen molar-refractivity contribution in [3.8, 4) is 11.5 Å². The van der Waals surface area contributed by atoms with Crippen molar-refractivity contribution in [2.24, 2.45) is 0 Å². The van der Waals surface area contributed by atoms with Crippen LogP contribution in [-0.4, -0.2) is 10.2 Å². The maximum atomic E-state index is 8.67. The van der Waals surface area contributed by atoms with Gasteiger partial charge >= 0.3 is 29.6 Å². The summed E-state index contributed by atoms with van der Waals surface area (Å²) in [6.45, 7) is 0. The second-order valence-corrected chi connectivity index (χ2v) is 1.49. The molecule has 42 valence electrons. The van der Waals surface area contributed by atoms with Crippen LogP contribution in [0.5, 0.6) is 11.5 Å². The van der Waals surface area contributed by atoms with Gasteiger partial charge in [0.1, 0.15) is 0 Å². The van der Waals surface area contributed by atoms with Crippen LogP contribution in [0.1, 0.15) is 0 Å². The number of hydrogen-bond donors (Lipinski definition) is 2. The van der Waals surface area contributed by atoms with E-state index in [9.17, 15) is 0 Å². The van der Waals surface area contributed by atoms with E-state index in [4.69, 9.17) is 10.2 Å². The molecular formula is C6H6NaO2+. The zero-order valence-corrected chi connectivity index (χ0v) is 7.20. The first kappa shape index (κ1) is 8.82. The minimum Gasteiger partial charge on any atom is -0.504 e. The van der Waals surface area contributed by atoms with Gasteiger partial charge in [0.2, 0.25) is 0 Å². The summed E-state index contributed by atoms with van der Waals surface area (Å²) in [5.41, 5.74) is 0. The normalized spacial score (nSPS) is 8.00. The minimum absolute atomic E-state index is 0. The molecule has 1 aromatic rings. The van der Waals surface area contributed by atoms with Gasteiger partial charge in [-0.25, -0.2) is 0 Å². The van der Waals surface area contributed by atoms with Gasteiger partial charge in [0.05, 0.1) is 0 Å². The van der Waals surface area contributed by atoms with E-state index in [1.54, 1.807) is 12.1 Å². The summed E-state index contributed by atoms with van der Waals surface area (Å²) in [6.07, 6.45) is 0. The van der Waals surface area contributed by atoms with Crippen LogP contribution in [0.2, 0.25) is 0 Å². The monoisotopic (exact) mass is 133 g/mol. The van der Waals surface area contributed by atoms with Crippen LogP contribution in [0.15, 0.2) is 24.3 Å². The van der Waals surface area contributed by atoms with E-state index in [1.807, 2.05) is 0 Å². The molecule has 0 bridgehead atoms. The molecule has 0 radical (unpaired) electrons. The third-order valence-electron chi connectivity index (χ3n) is 0.882. The molecule has 0 fully saturated rings. The Morgan fingerprint density at radius 2 is 1.22 bits per heavy atom. The SMILES string of the molecule is Oc1ccccc1O.[Na+]. The van der Waals surface area contributed by atoms with Crippen LogP contribution in [0.25, 0.3) is 0 Å². The topological polar surface area (TPSA) is 40.5 Å². The van der Waals surface area contributed by atoms with E-state index in [1.165, 1.54) is 12.1 Å². The number of benzene rings is 1. The van der Waals surface area contributed by atoms with Crippen molar-refractivity contribution < 1.29 is 39.8 Å². The predicted molar refractivity (Wildman–Crippen MR) is 29.8 cm³/mol. The summed E-state index contributed by atoms with van der Waals surface area (Å²) in [4.78, 5) is 0. The molecule has 0 aliphatic rings. The Hall–Kier alpha value is -0.180. The molecule has 0 heterocycles. The summed E-state index contributed by atoms with van der Waals surface area (Å²) < 4.78 is 0. The van der Waals surface area contributed by atoms with E-state index in [0.717, 1.165) is 0 Å². The number of phenolic OH excluding ortho intramolecular Hbond substituents is 2. The fourth-order valence-corrected chi connectivity index (χ4v) is 0.464. The second-order valence-electron chi connectivity index (χ2n) is 1.49. The van der Waals surface area contributed by atoms with Gasteiger partial charge in [-0.1, -0.05) is 12.1 Å². The maximum Gasteiger partial charge on any atom is 1.00 e. The molecule has 3 heteroatoms. The smallest absolute Gasteiger partial charge is 0.504 e. The first-order valence-corrected chi connectivity index (χ1v) is 2.27. The molecule has 0 amide bonds. The van der Waals surface area contributed by atoms with Crippen LogP contribution >= 0.6 is 0 Å². The van der Waals surface area contributed by atoms with Gasteiger partial charge in [0, 0.05) is 0 Å². The zero-order valence-electron chi connectivity index (χ0n) is 5.20. The quantitative estimate of drug-likeness (QED) is 0.320. The molecule has 1 aromatic carbocycles. The third kappa shape index (κ3) is 2.26. The van der Waals surface area contributed by atoms with Gasteiger partial charge in [-0.3, -0.25) is 0 Å². The van der Waals surface area contributed by atoms with Crippen LogP contribution in [-0.2, 0) is 0 Å². The Bertz CT molecular complexity index is 167. The van der Waals surface area contributed by atoms with E-state index in [2.05, 4.69) is 0 Å². The average molecular weight is 133 g/mol. The fourth-order valence-electron chi connectivity index (χ4n) is 0.464. The first-order valence-electron chi connectivity index (χ1n) is 2.27. The number of hydrogen-bond acceptors (Lipinski definition) is 2. The molecular weight excluding hydrogens is 127 g/mol. The Morgan fingerprint density at radius 1 is 0.889 bits per heavy atom. The van der Waals surface area contributed by atoms with Crippen molar-refractivity contribution >= 4 is 0 Å². The van der Waals surface area contributed by atoms with Gasteiger partial charge in [-0.2, -0.15) is 0 Å². The van der Waals surface area contributed by atoms with Gasteiger partial charge in [-0.05, 0) is 12.1 Å². The second kappa shape index (κ2) is 3.77. The van der Waals surface area contributed by atoms with Crippen LogP contribution in [0, 0.1) is 0 Å². The molecule has 0 unspecified atom stereocenters. The van der Waals surface area contributed by atoms with Crippen molar-refractivity contribution in [1.29, 1.82) is 0 Å². The van der Waals surface area contributed by atoms with Gasteiger partial charge < -0.3 is 10.2 Å². The van der Waals surface area contributed by atoms with Gasteiger partial charge in [-0.15, -0.1) is 0 Å². The molecule has 1 rings (SSSR count). The standard InChI is InChI=1S/C6H6O2.Na/c7-5-3-1-2-4-6(5)8;/h1-4,7-8H;/q;+1. The van der Waals surface area contributed by atoms with E-state index >= 15 is 0 Å². The molecule has 0 aliphatic heterocycles. The fraction of sp³-hybridized carbons (Fsp3) is 0. The molecule has 0 atom stereocenters. The van der Waals surface area contributed by atoms with Crippen molar-refractivity contribution in [3.05, 3.63) is 24.3 Å². The number of aromatic hydroxyl groups is 2. The number of phenols is 2. The number of rotatable bonds is 0. The Labute approximate surface area is 75.4 Å². The largest absolute Gasteiger partial charge is 1.00 e. The molecule has 0 spiro atoms. The summed E-state index contributed by atoms with van der Waals surface area (Å²) in [5, 5.41) is 17.3. The predicted octanol–water partition coefficient (Wildman–Crippen LogP) is -1.90. The molecule has 0 saturated heterocycles. The Morgan fingerprint density at radius 3 is 1.44 bits per heavy atom. The molecule has 0 saturated carbocycles. The van der Waals surface area contributed by atoms with Crippen LogP contribution in [0.4, 0.5) is 0 Å². The molecule has 0 aromatic heterocycles. The van der Waals surface area contributed by atoms with Crippen molar-refractivity contribution in [3.63, 3.8) is 0 Å². The molecule has 2 N–H and O–H groups in total. The molecule has 2 nitrogen and oxygen atoms in total. The van der Waals surface area contributed by atoms with Crippen molar-refractivity contribution in [2.75, 3.05) is 0 Å². The minimum atomic E-state index is -0.0764. The Balaban J connectivity index is 0.000000640. The summed E-state index contributed by atoms with van der Waals surface area (Å²) >= 11 is 0. The molecule has 0 aliphatic carbocycles. The van der Waals surface area contributed by atoms with Crippen molar-refractivity contribution in [1.82, 2.24) is 0 Å². The van der Waals surface area contributed by atoms with Crippen molar-refractivity contribution in [2.45, 2.75) is 0 Å².